The Morgan fingerprint density at radius 3 is 2.89 bits per heavy atom. The van der Waals surface area contributed by atoms with Gasteiger partial charge in [-0.15, -0.1) is 0 Å². The number of amides is 2. The van der Waals surface area contributed by atoms with Gasteiger partial charge in [-0.25, -0.2) is 4.98 Å². The van der Waals surface area contributed by atoms with Crippen LogP contribution in [0.4, 0.5) is 5.69 Å². The third-order valence-corrected chi connectivity index (χ3v) is 5.87. The van der Waals surface area contributed by atoms with Crippen LogP contribution in [0.3, 0.4) is 0 Å². The highest BCUT2D eigenvalue weighted by atomic mass is 16.5. The molecule has 182 valence electrons. The maximum Gasteiger partial charge on any atom is 0.291 e. The van der Waals surface area contributed by atoms with Crippen molar-refractivity contribution in [2.24, 2.45) is 5.92 Å². The molecule has 11 heteroatoms. The predicted octanol–water partition coefficient (Wildman–Crippen LogP) is 1.58. The van der Waals surface area contributed by atoms with Gasteiger partial charge in [0, 0.05) is 30.4 Å². The van der Waals surface area contributed by atoms with E-state index < -0.39 is 17.3 Å². The quantitative estimate of drug-likeness (QED) is 0.514. The Kier molecular flexibility index (Phi) is 5.75. The van der Waals surface area contributed by atoms with Gasteiger partial charge in [0.05, 0.1) is 12.7 Å². The number of rotatable bonds is 6. The van der Waals surface area contributed by atoms with Crippen LogP contribution in [0.5, 0.6) is 11.8 Å². The number of pyridine rings is 1. The smallest absolute Gasteiger partial charge is 0.291 e. The lowest BCUT2D eigenvalue weighted by Gasteiger charge is -2.27. The van der Waals surface area contributed by atoms with E-state index in [1.54, 1.807) is 29.3 Å². The van der Waals surface area contributed by atoms with Crippen molar-refractivity contribution in [1.82, 2.24) is 24.5 Å². The number of aromatic hydroxyl groups is 1. The molecular weight excluding hydrogens is 452 g/mol. The molecule has 2 amide bonds. The van der Waals surface area contributed by atoms with E-state index in [4.69, 9.17) is 4.74 Å². The minimum Gasteiger partial charge on any atom is -0.494 e. The van der Waals surface area contributed by atoms with Gasteiger partial charge in [-0.2, -0.15) is 9.61 Å². The molecule has 2 aliphatic rings. The van der Waals surface area contributed by atoms with Crippen LogP contribution in [-0.4, -0.2) is 55.3 Å². The maximum absolute atomic E-state index is 13.1. The van der Waals surface area contributed by atoms with Gasteiger partial charge in [0.2, 0.25) is 11.8 Å². The van der Waals surface area contributed by atoms with Gasteiger partial charge in [0.25, 0.3) is 17.4 Å². The first-order chi connectivity index (χ1) is 16.8. The number of nitrogens with one attached hydrogen (secondary N) is 1. The Morgan fingerprint density at radius 2 is 2.14 bits per heavy atom. The number of nitrogens with zero attached hydrogens (tertiary/aromatic N) is 5. The van der Waals surface area contributed by atoms with Crippen molar-refractivity contribution in [3.63, 3.8) is 0 Å². The van der Waals surface area contributed by atoms with E-state index in [1.165, 1.54) is 16.8 Å². The molecule has 35 heavy (non-hydrogen) atoms. The number of hydrogen-bond donors (Lipinski definition) is 2. The van der Waals surface area contributed by atoms with Crippen LogP contribution in [0, 0.1) is 5.92 Å². The molecule has 0 radical (unpaired) electrons. The number of hydrogen-bond acceptors (Lipinski definition) is 7. The second-order valence-corrected chi connectivity index (χ2v) is 9.09. The summed E-state index contributed by atoms with van der Waals surface area (Å²) in [5, 5.41) is 17.9. The predicted molar refractivity (Wildman–Crippen MR) is 128 cm³/mol. The second-order valence-electron chi connectivity index (χ2n) is 9.09. The Bertz CT molecular complexity index is 1400. The molecule has 0 saturated heterocycles. The lowest BCUT2D eigenvalue weighted by Crippen LogP contribution is -2.37. The molecule has 0 bridgehead atoms. The van der Waals surface area contributed by atoms with Gasteiger partial charge in [-0.05, 0) is 37.0 Å². The Morgan fingerprint density at radius 1 is 1.34 bits per heavy atom. The zero-order chi connectivity index (χ0) is 24.7. The van der Waals surface area contributed by atoms with E-state index in [9.17, 15) is 19.5 Å². The highest BCUT2D eigenvalue weighted by molar-refractivity contribution is 6.05. The number of ether oxygens (including phenoxy) is 1. The molecule has 5 rings (SSSR count). The molecule has 11 nitrogen and oxygen atoms in total. The molecule has 0 unspecified atom stereocenters. The highest BCUT2D eigenvalue weighted by Crippen LogP contribution is 2.29. The largest absolute Gasteiger partial charge is 0.494 e. The van der Waals surface area contributed by atoms with Crippen LogP contribution in [-0.2, 0) is 11.3 Å². The average Bonchev–Trinajstić information content (AvgIpc) is 3.55. The minimum absolute atomic E-state index is 0.0261. The fourth-order valence-electron chi connectivity index (χ4n) is 4.08. The molecule has 4 heterocycles. The van der Waals surface area contributed by atoms with Crippen LogP contribution in [0.15, 0.2) is 35.4 Å². The lowest BCUT2D eigenvalue weighted by atomic mass is 10.2. The normalized spacial score (nSPS) is 15.5. The van der Waals surface area contributed by atoms with Crippen LogP contribution in [0.2, 0.25) is 0 Å². The Labute approximate surface area is 200 Å². The van der Waals surface area contributed by atoms with E-state index in [1.807, 2.05) is 13.8 Å². The van der Waals surface area contributed by atoms with Gasteiger partial charge < -0.3 is 20.1 Å². The molecule has 1 saturated carbocycles. The van der Waals surface area contributed by atoms with E-state index in [-0.39, 0.29) is 23.4 Å². The van der Waals surface area contributed by atoms with Gasteiger partial charge >= 0.3 is 0 Å². The van der Waals surface area contributed by atoms with Crippen molar-refractivity contribution in [3.05, 3.63) is 52.1 Å². The first-order valence-corrected chi connectivity index (χ1v) is 11.6. The lowest BCUT2D eigenvalue weighted by molar-refractivity contribution is -0.114. The summed E-state index contributed by atoms with van der Waals surface area (Å²) in [6.45, 7) is 4.94. The summed E-state index contributed by atoms with van der Waals surface area (Å²) in [5.41, 5.74) is 0.290. The molecule has 1 aliphatic heterocycles. The van der Waals surface area contributed by atoms with E-state index in [0.717, 1.165) is 17.4 Å². The summed E-state index contributed by atoms with van der Waals surface area (Å²) >= 11 is 0. The molecule has 2 N–H and O–H groups in total. The summed E-state index contributed by atoms with van der Waals surface area (Å²) in [5.74, 6) is -0.827. The van der Waals surface area contributed by atoms with Crippen molar-refractivity contribution < 1.29 is 19.4 Å². The van der Waals surface area contributed by atoms with Crippen molar-refractivity contribution in [3.8, 4) is 11.8 Å². The fraction of sp³-hybridized carbons (Fsp3) is 0.375. The number of carbonyl (C=O) groups is 2. The summed E-state index contributed by atoms with van der Waals surface area (Å²) in [4.78, 5) is 44.5. The van der Waals surface area contributed by atoms with Crippen molar-refractivity contribution >= 4 is 29.2 Å². The van der Waals surface area contributed by atoms with Gasteiger partial charge in [0.1, 0.15) is 17.9 Å². The molecule has 0 atom stereocenters. The first-order valence-electron chi connectivity index (χ1n) is 11.6. The van der Waals surface area contributed by atoms with Crippen LogP contribution in [0.25, 0.3) is 11.7 Å². The third kappa shape index (κ3) is 4.25. The summed E-state index contributed by atoms with van der Waals surface area (Å²) in [6, 6.07) is 3.51. The van der Waals surface area contributed by atoms with Crippen molar-refractivity contribution in [1.29, 1.82) is 0 Å². The molecule has 1 aliphatic carbocycles. The number of aromatic nitrogens is 4. The minimum atomic E-state index is -0.713. The number of carbonyl (C=O) groups excluding carboxylic acids is 2. The second kappa shape index (κ2) is 8.90. The zero-order valence-electron chi connectivity index (χ0n) is 19.5. The van der Waals surface area contributed by atoms with Crippen molar-refractivity contribution in [2.75, 3.05) is 18.1 Å². The molecular formula is C24H26N6O5. The van der Waals surface area contributed by atoms with Gasteiger partial charge in [0.15, 0.2) is 5.56 Å². The van der Waals surface area contributed by atoms with Crippen LogP contribution in [0.1, 0.15) is 42.6 Å². The monoisotopic (exact) mass is 478 g/mol. The molecule has 1 fully saturated rings. The molecule has 0 spiro atoms. The van der Waals surface area contributed by atoms with E-state index in [2.05, 4.69) is 15.4 Å². The van der Waals surface area contributed by atoms with Crippen LogP contribution < -0.4 is 20.5 Å². The maximum atomic E-state index is 13.1. The van der Waals surface area contributed by atoms with Crippen molar-refractivity contribution in [2.45, 2.75) is 39.3 Å². The topological polar surface area (TPSA) is 131 Å². The summed E-state index contributed by atoms with van der Waals surface area (Å²) in [7, 11) is 0. The Balaban J connectivity index is 1.54. The van der Waals surface area contributed by atoms with E-state index in [0.29, 0.717) is 42.5 Å². The average molecular weight is 479 g/mol. The Hall–Kier alpha value is -4.15. The zero-order valence-corrected chi connectivity index (χ0v) is 19.5. The summed E-state index contributed by atoms with van der Waals surface area (Å²) < 4.78 is 8.11. The SMILES string of the molecule is CC(C)Cn1c(O)c(C(=O)NC2CC2)c(=O)n2ncc(C=CC(=O)N3CCOc4ncccc43)c12. The standard InChI is InChI=1S/C24H26N6O5/c1-14(2)13-29-22-15(5-8-18(31)28-10-11-35-21-17(28)4-3-9-25-21)12-26-30(22)24(34)19(23(29)33)20(32)27-16-6-7-16/h3-5,8-9,12,14,16,33H,6-7,10-11,13H2,1-2H3,(H,27,32). The van der Waals surface area contributed by atoms with Gasteiger partial charge in [-0.3, -0.25) is 19.0 Å². The third-order valence-electron chi connectivity index (χ3n) is 5.87. The van der Waals surface area contributed by atoms with Crippen LogP contribution >= 0.6 is 0 Å². The number of anilines is 1. The molecule has 3 aromatic rings. The van der Waals surface area contributed by atoms with E-state index >= 15 is 0 Å². The molecule has 3 aromatic heterocycles. The highest BCUT2D eigenvalue weighted by Gasteiger charge is 2.30. The summed E-state index contributed by atoms with van der Waals surface area (Å²) in [6.07, 6.45) is 7.67. The van der Waals surface area contributed by atoms with Gasteiger partial charge in [-0.1, -0.05) is 13.8 Å². The molecule has 0 aromatic carbocycles. The first kappa shape index (κ1) is 22.6. The number of fused-ring (bicyclic) bond motifs is 2. The fourth-order valence-corrected chi connectivity index (χ4v) is 4.08.